The predicted molar refractivity (Wildman–Crippen MR) is 128 cm³/mol. The van der Waals surface area contributed by atoms with Crippen molar-refractivity contribution in [3.8, 4) is 11.3 Å². The van der Waals surface area contributed by atoms with E-state index in [1.807, 2.05) is 10.8 Å². The molecular weight excluding hydrogens is 493 g/mol. The Hall–Kier alpha value is -3.44. The number of benzene rings is 2. The molecular formula is C25H22N3NaO6S. The summed E-state index contributed by atoms with van der Waals surface area (Å²) >= 11 is 0. The molecule has 0 radical (unpaired) electrons. The molecule has 0 spiro atoms. The van der Waals surface area contributed by atoms with E-state index in [0.717, 1.165) is 11.8 Å². The molecule has 11 heteroatoms. The fourth-order valence-corrected chi connectivity index (χ4v) is 4.24. The zero-order valence-corrected chi connectivity index (χ0v) is 22.2. The van der Waals surface area contributed by atoms with Gasteiger partial charge >= 0.3 is 51.8 Å². The molecule has 4 rings (SSSR count). The van der Waals surface area contributed by atoms with E-state index in [1.165, 1.54) is 12.3 Å². The third-order valence-electron chi connectivity index (χ3n) is 4.88. The van der Waals surface area contributed by atoms with E-state index in [4.69, 9.17) is 9.47 Å². The van der Waals surface area contributed by atoms with Crippen LogP contribution < -0.4 is 34.3 Å². The molecule has 0 unspecified atom stereocenters. The van der Waals surface area contributed by atoms with Gasteiger partial charge in [0.1, 0.15) is 13.2 Å². The van der Waals surface area contributed by atoms with Crippen LogP contribution in [-0.2, 0) is 32.9 Å². The number of hydrogen-bond acceptors (Lipinski definition) is 7. The van der Waals surface area contributed by atoms with Crippen LogP contribution in [0.15, 0.2) is 97.3 Å². The molecule has 1 amide bonds. The fourth-order valence-electron chi connectivity index (χ4n) is 3.24. The Morgan fingerprint density at radius 2 is 1.42 bits per heavy atom. The predicted octanol–water partition coefficient (Wildman–Crippen LogP) is 1.04. The van der Waals surface area contributed by atoms with Gasteiger partial charge in [-0.25, -0.2) is 18.3 Å². The van der Waals surface area contributed by atoms with Crippen LogP contribution in [0, 0.1) is 0 Å². The van der Waals surface area contributed by atoms with Crippen molar-refractivity contribution in [2.45, 2.75) is 13.2 Å². The van der Waals surface area contributed by atoms with E-state index < -0.39 is 22.3 Å². The van der Waals surface area contributed by atoms with E-state index in [0.29, 0.717) is 15.2 Å². The molecule has 0 fully saturated rings. The molecule has 4 aromatic rings. The third kappa shape index (κ3) is 6.82. The molecule has 9 nitrogen and oxygen atoms in total. The van der Waals surface area contributed by atoms with Crippen molar-refractivity contribution in [3.05, 3.63) is 114 Å². The van der Waals surface area contributed by atoms with E-state index in [-0.39, 0.29) is 55.5 Å². The summed E-state index contributed by atoms with van der Waals surface area (Å²) in [6, 6.07) is 24.2. The summed E-state index contributed by atoms with van der Waals surface area (Å²) in [5.41, 5.74) is 1.70. The molecule has 0 saturated carbocycles. The maximum Gasteiger partial charge on any atom is 1.00 e. The van der Waals surface area contributed by atoms with Crippen molar-refractivity contribution in [2.75, 3.05) is 0 Å². The molecule has 0 aliphatic carbocycles. The van der Waals surface area contributed by atoms with Gasteiger partial charge in [0.2, 0.25) is 0 Å². The van der Waals surface area contributed by atoms with Gasteiger partial charge in [-0.05, 0) is 29.3 Å². The summed E-state index contributed by atoms with van der Waals surface area (Å²) in [6.07, 6.45) is 1.47. The minimum absolute atomic E-state index is 0. The van der Waals surface area contributed by atoms with Crippen molar-refractivity contribution in [1.29, 1.82) is 0 Å². The standard InChI is InChI=1S/C25H21N3O6S.Na.H/c29-24(33-17-19-9-3-1-4-10-19)23-21(22-13-7-8-15-26-22)14-16-28(23)35(31,32)27-25(30)34-18-20-11-5-2-6-12-20;;/h1-16H,17-18H2,(H,27,30);;/q;+1;-1. The second-order valence-corrected chi connectivity index (χ2v) is 8.87. The third-order valence-corrected chi connectivity index (χ3v) is 6.13. The smallest absolute Gasteiger partial charge is 1.00 e. The monoisotopic (exact) mass is 515 g/mol. The molecule has 2 aromatic heterocycles. The van der Waals surface area contributed by atoms with Crippen LogP contribution in [0.1, 0.15) is 23.0 Å². The first-order valence-electron chi connectivity index (χ1n) is 10.5. The number of aromatic nitrogens is 2. The Kier molecular flexibility index (Phi) is 9.43. The number of pyridine rings is 1. The summed E-state index contributed by atoms with van der Waals surface area (Å²) in [5, 5.41) is 0. The van der Waals surface area contributed by atoms with Gasteiger partial charge in [-0.2, -0.15) is 8.42 Å². The molecule has 0 aliphatic rings. The van der Waals surface area contributed by atoms with Crippen LogP contribution in [0.3, 0.4) is 0 Å². The number of nitrogens with one attached hydrogen (secondary N) is 1. The van der Waals surface area contributed by atoms with Gasteiger partial charge < -0.3 is 10.9 Å². The van der Waals surface area contributed by atoms with Crippen LogP contribution in [0.4, 0.5) is 4.79 Å². The molecule has 2 heterocycles. The van der Waals surface area contributed by atoms with Gasteiger partial charge in [0, 0.05) is 18.0 Å². The van der Waals surface area contributed by atoms with Gasteiger partial charge in [0.05, 0.1) is 5.69 Å². The van der Waals surface area contributed by atoms with Gasteiger partial charge in [-0.3, -0.25) is 4.98 Å². The molecule has 1 N–H and O–H groups in total. The summed E-state index contributed by atoms with van der Waals surface area (Å²) in [5.74, 6) is -0.900. The molecule has 180 valence electrons. The van der Waals surface area contributed by atoms with Crippen molar-refractivity contribution in [1.82, 2.24) is 13.7 Å². The van der Waals surface area contributed by atoms with E-state index in [9.17, 15) is 18.0 Å². The van der Waals surface area contributed by atoms with Gasteiger partial charge in [-0.15, -0.1) is 0 Å². The minimum atomic E-state index is -4.55. The average molecular weight is 516 g/mol. The fraction of sp³-hybridized carbons (Fsp3) is 0.0800. The normalized spacial score (nSPS) is 10.7. The number of esters is 1. The Bertz CT molecular complexity index is 1420. The van der Waals surface area contributed by atoms with Crippen LogP contribution >= 0.6 is 0 Å². The number of amides is 1. The molecule has 36 heavy (non-hydrogen) atoms. The maximum atomic E-state index is 13.1. The van der Waals surface area contributed by atoms with Gasteiger partial charge in [0.25, 0.3) is 0 Å². The summed E-state index contributed by atoms with van der Waals surface area (Å²) in [4.78, 5) is 29.5. The second-order valence-electron chi connectivity index (χ2n) is 7.32. The van der Waals surface area contributed by atoms with Crippen molar-refractivity contribution in [3.63, 3.8) is 0 Å². The largest absolute Gasteiger partial charge is 1.00 e. The Morgan fingerprint density at radius 3 is 2.00 bits per heavy atom. The average Bonchev–Trinajstić information content (AvgIpc) is 3.34. The topological polar surface area (TPSA) is 117 Å². The number of carbonyl (C=O) groups is 2. The summed E-state index contributed by atoms with van der Waals surface area (Å²) < 4.78 is 38.9. The molecule has 2 aromatic carbocycles. The maximum absolute atomic E-state index is 13.1. The van der Waals surface area contributed by atoms with Crippen LogP contribution in [0.5, 0.6) is 0 Å². The summed E-state index contributed by atoms with van der Waals surface area (Å²) in [7, 11) is -4.55. The zero-order valence-electron chi connectivity index (χ0n) is 20.4. The number of carbonyl (C=O) groups excluding carboxylic acids is 2. The molecule has 0 saturated heterocycles. The van der Waals surface area contributed by atoms with Crippen molar-refractivity contribution >= 4 is 22.3 Å². The molecule has 0 aliphatic heterocycles. The van der Waals surface area contributed by atoms with Crippen LogP contribution in [0.25, 0.3) is 11.3 Å². The van der Waals surface area contributed by atoms with Gasteiger partial charge in [0.15, 0.2) is 5.69 Å². The Morgan fingerprint density at radius 1 is 0.833 bits per heavy atom. The van der Waals surface area contributed by atoms with Gasteiger partial charge in [-0.1, -0.05) is 66.7 Å². The number of nitrogens with zero attached hydrogens (tertiary/aromatic N) is 2. The van der Waals surface area contributed by atoms with E-state index >= 15 is 0 Å². The first-order chi connectivity index (χ1) is 16.9. The first-order valence-corrected chi connectivity index (χ1v) is 12.0. The molecule has 0 bridgehead atoms. The zero-order chi connectivity index (χ0) is 24.7. The van der Waals surface area contributed by atoms with Crippen molar-refractivity contribution < 1.29 is 58.5 Å². The Balaban J connectivity index is 0.00000241. The Labute approximate surface area is 232 Å². The second kappa shape index (κ2) is 12.5. The van der Waals surface area contributed by atoms with Crippen LogP contribution in [0.2, 0.25) is 0 Å². The van der Waals surface area contributed by atoms with Crippen LogP contribution in [-0.4, -0.2) is 29.4 Å². The summed E-state index contributed by atoms with van der Waals surface area (Å²) in [6.45, 7) is -0.196. The quantitative estimate of drug-likeness (QED) is 0.275. The number of rotatable bonds is 8. The minimum Gasteiger partial charge on any atom is -1.00 e. The van der Waals surface area contributed by atoms with Crippen molar-refractivity contribution in [2.24, 2.45) is 0 Å². The SMILES string of the molecule is O=C(NS(=O)(=O)n1ccc(-c2ccccn2)c1C(=O)OCc1ccccc1)OCc1ccccc1.[H-].[Na+]. The van der Waals surface area contributed by atoms with E-state index in [2.05, 4.69) is 4.98 Å². The molecule has 0 atom stereocenters. The number of ether oxygens (including phenoxy) is 2. The number of hydrogen-bond donors (Lipinski definition) is 1. The van der Waals surface area contributed by atoms with E-state index in [1.54, 1.807) is 72.8 Å². The first kappa shape index (κ1) is 27.2.